The second-order valence-corrected chi connectivity index (χ2v) is 11.3. The Morgan fingerprint density at radius 3 is 2.26 bits per heavy atom. The minimum atomic E-state index is -0.863. The molecule has 1 aromatic heterocycles. The van der Waals surface area contributed by atoms with Crippen molar-refractivity contribution in [2.75, 3.05) is 0 Å². The van der Waals surface area contributed by atoms with Gasteiger partial charge in [0, 0.05) is 10.4 Å². The van der Waals surface area contributed by atoms with Gasteiger partial charge in [-0.05, 0) is 62.9 Å². The summed E-state index contributed by atoms with van der Waals surface area (Å²) < 4.78 is 11.3. The van der Waals surface area contributed by atoms with E-state index in [2.05, 4.69) is 16.2 Å². The third-order valence-corrected chi connectivity index (χ3v) is 6.35. The molecule has 3 aromatic rings. The van der Waals surface area contributed by atoms with Gasteiger partial charge in [0.15, 0.2) is 0 Å². The molecule has 0 aliphatic rings. The van der Waals surface area contributed by atoms with Crippen LogP contribution in [-0.4, -0.2) is 29.6 Å². The topological polar surface area (TPSA) is 106 Å². The van der Waals surface area contributed by atoms with Crippen LogP contribution in [0.5, 0.6) is 5.75 Å². The van der Waals surface area contributed by atoms with Crippen molar-refractivity contribution in [2.24, 2.45) is 5.92 Å². The first-order chi connectivity index (χ1) is 18.0. The number of hydrazine groups is 1. The predicted octanol–water partition coefficient (Wildman–Crippen LogP) is 5.69. The quantitative estimate of drug-likeness (QED) is 0.304. The lowest BCUT2D eigenvalue weighted by atomic mass is 10.0. The summed E-state index contributed by atoms with van der Waals surface area (Å²) in [6.45, 7) is 9.53. The van der Waals surface area contributed by atoms with Crippen molar-refractivity contribution >= 4 is 29.2 Å². The van der Waals surface area contributed by atoms with Gasteiger partial charge in [-0.1, -0.05) is 56.3 Å². The maximum atomic E-state index is 12.8. The number of amides is 3. The standard InChI is InChI=1S/C29H35N3O5S/c1-19(2)17-22(30-28(35)37-29(3,4)5)26(33)31-32-27(34)25-16-15-24(38-25)21-13-9-10-14-23(21)36-18-20-11-7-6-8-12-20/h6-16,19,22H,17-18H2,1-5H3,(H,30,35)(H,31,33)(H,32,34)/t22-/m0/s1. The molecule has 0 saturated heterocycles. The minimum absolute atomic E-state index is 0.125. The van der Waals surface area contributed by atoms with E-state index in [0.29, 0.717) is 23.7 Å². The molecule has 1 atom stereocenters. The molecule has 0 aliphatic carbocycles. The Morgan fingerprint density at radius 2 is 1.58 bits per heavy atom. The molecule has 3 N–H and O–H groups in total. The number of carbonyl (C=O) groups excluding carboxylic acids is 3. The van der Waals surface area contributed by atoms with E-state index in [9.17, 15) is 14.4 Å². The van der Waals surface area contributed by atoms with Crippen molar-refractivity contribution in [1.82, 2.24) is 16.2 Å². The first kappa shape index (κ1) is 28.7. The van der Waals surface area contributed by atoms with Crippen LogP contribution in [0, 0.1) is 5.92 Å². The van der Waals surface area contributed by atoms with Crippen molar-refractivity contribution in [3.05, 3.63) is 77.2 Å². The second-order valence-electron chi connectivity index (χ2n) is 10.2. The molecule has 0 unspecified atom stereocenters. The molecule has 0 spiro atoms. The lowest BCUT2D eigenvalue weighted by Crippen LogP contribution is -2.53. The number of alkyl carbamates (subject to hydrolysis) is 1. The lowest BCUT2D eigenvalue weighted by molar-refractivity contribution is -0.124. The Kier molecular flexibility index (Phi) is 9.90. The highest BCUT2D eigenvalue weighted by atomic mass is 32.1. The molecular weight excluding hydrogens is 502 g/mol. The molecule has 3 rings (SSSR count). The third kappa shape index (κ3) is 8.92. The zero-order valence-corrected chi connectivity index (χ0v) is 23.2. The highest BCUT2D eigenvalue weighted by Gasteiger charge is 2.25. The van der Waals surface area contributed by atoms with Crippen LogP contribution in [0.4, 0.5) is 4.79 Å². The number of thiophene rings is 1. The summed E-state index contributed by atoms with van der Waals surface area (Å²) in [7, 11) is 0. The van der Waals surface area contributed by atoms with Crippen molar-refractivity contribution in [2.45, 2.75) is 59.3 Å². The van der Waals surface area contributed by atoms with E-state index >= 15 is 0 Å². The first-order valence-corrected chi connectivity index (χ1v) is 13.3. The smallest absolute Gasteiger partial charge is 0.408 e. The molecule has 9 heteroatoms. The SMILES string of the molecule is CC(C)C[C@H](NC(=O)OC(C)(C)C)C(=O)NNC(=O)c1ccc(-c2ccccc2OCc2ccccc2)s1. The Bertz CT molecular complexity index is 1230. The van der Waals surface area contributed by atoms with Gasteiger partial charge in [-0.15, -0.1) is 11.3 Å². The summed E-state index contributed by atoms with van der Waals surface area (Å²) in [6, 6.07) is 20.2. The van der Waals surface area contributed by atoms with E-state index in [1.54, 1.807) is 26.8 Å². The van der Waals surface area contributed by atoms with Gasteiger partial charge in [-0.3, -0.25) is 20.4 Å². The number of rotatable bonds is 9. The van der Waals surface area contributed by atoms with Crippen LogP contribution in [0.3, 0.4) is 0 Å². The average Bonchev–Trinajstić information content (AvgIpc) is 3.35. The van der Waals surface area contributed by atoms with E-state index < -0.39 is 29.6 Å². The van der Waals surface area contributed by atoms with Crippen LogP contribution < -0.4 is 20.9 Å². The molecule has 1 heterocycles. The summed E-state index contributed by atoms with van der Waals surface area (Å²) in [5.74, 6) is -0.157. The molecule has 0 fully saturated rings. The monoisotopic (exact) mass is 537 g/mol. The maximum absolute atomic E-state index is 12.8. The first-order valence-electron chi connectivity index (χ1n) is 12.5. The van der Waals surface area contributed by atoms with Crippen LogP contribution >= 0.6 is 11.3 Å². The van der Waals surface area contributed by atoms with Crippen molar-refractivity contribution in [3.8, 4) is 16.2 Å². The Labute approximate surface area is 227 Å². The van der Waals surface area contributed by atoms with Gasteiger partial charge >= 0.3 is 6.09 Å². The Morgan fingerprint density at radius 1 is 0.895 bits per heavy atom. The average molecular weight is 538 g/mol. The lowest BCUT2D eigenvalue weighted by Gasteiger charge is -2.24. The number of nitrogens with one attached hydrogen (secondary N) is 3. The highest BCUT2D eigenvalue weighted by Crippen LogP contribution is 2.35. The molecule has 3 amide bonds. The number of para-hydroxylation sites is 1. The molecule has 8 nitrogen and oxygen atoms in total. The van der Waals surface area contributed by atoms with Gasteiger partial charge in [-0.2, -0.15) is 0 Å². The normalized spacial score (nSPS) is 11.9. The van der Waals surface area contributed by atoms with E-state index in [1.807, 2.05) is 74.5 Å². The van der Waals surface area contributed by atoms with Gasteiger partial charge in [0.25, 0.3) is 11.8 Å². The van der Waals surface area contributed by atoms with E-state index in [0.717, 1.165) is 16.0 Å². The number of carbonyl (C=O) groups is 3. The van der Waals surface area contributed by atoms with Crippen molar-refractivity contribution in [3.63, 3.8) is 0 Å². The minimum Gasteiger partial charge on any atom is -0.488 e. The summed E-state index contributed by atoms with van der Waals surface area (Å²) in [5, 5.41) is 2.59. The van der Waals surface area contributed by atoms with E-state index in [-0.39, 0.29) is 5.92 Å². The molecule has 0 bridgehead atoms. The molecule has 2 aromatic carbocycles. The van der Waals surface area contributed by atoms with Gasteiger partial charge in [-0.25, -0.2) is 4.79 Å². The molecule has 38 heavy (non-hydrogen) atoms. The summed E-state index contributed by atoms with van der Waals surface area (Å²) in [4.78, 5) is 39.0. The summed E-state index contributed by atoms with van der Waals surface area (Å²) in [6.07, 6.45) is -0.315. The van der Waals surface area contributed by atoms with E-state index in [1.165, 1.54) is 11.3 Å². The van der Waals surface area contributed by atoms with Crippen LogP contribution in [0.2, 0.25) is 0 Å². The van der Waals surface area contributed by atoms with Crippen LogP contribution in [0.25, 0.3) is 10.4 Å². The zero-order chi connectivity index (χ0) is 27.7. The second kappa shape index (κ2) is 13.1. The predicted molar refractivity (Wildman–Crippen MR) is 149 cm³/mol. The fourth-order valence-corrected chi connectivity index (χ4v) is 4.49. The number of ether oxygens (including phenoxy) is 2. The molecule has 202 valence electrons. The van der Waals surface area contributed by atoms with Crippen molar-refractivity contribution in [1.29, 1.82) is 0 Å². The van der Waals surface area contributed by atoms with Crippen LogP contribution in [0.15, 0.2) is 66.7 Å². The van der Waals surface area contributed by atoms with Gasteiger partial charge in [0.2, 0.25) is 0 Å². The molecule has 0 saturated carbocycles. The third-order valence-electron chi connectivity index (χ3n) is 5.23. The van der Waals surface area contributed by atoms with Crippen LogP contribution in [0.1, 0.15) is 56.3 Å². The fourth-order valence-electron chi connectivity index (χ4n) is 3.56. The summed E-state index contributed by atoms with van der Waals surface area (Å²) >= 11 is 1.28. The fraction of sp³-hybridized carbons (Fsp3) is 0.345. The summed E-state index contributed by atoms with van der Waals surface area (Å²) in [5.41, 5.74) is 6.11. The Hall–Kier alpha value is -3.85. The molecular formula is C29H35N3O5S. The van der Waals surface area contributed by atoms with Gasteiger partial charge < -0.3 is 14.8 Å². The highest BCUT2D eigenvalue weighted by molar-refractivity contribution is 7.17. The molecule has 0 aliphatic heterocycles. The van der Waals surface area contributed by atoms with E-state index in [4.69, 9.17) is 9.47 Å². The van der Waals surface area contributed by atoms with Gasteiger partial charge in [0.05, 0.1) is 4.88 Å². The van der Waals surface area contributed by atoms with Crippen LogP contribution in [-0.2, 0) is 16.1 Å². The molecule has 0 radical (unpaired) electrons. The zero-order valence-electron chi connectivity index (χ0n) is 22.4. The number of benzene rings is 2. The van der Waals surface area contributed by atoms with Crippen molar-refractivity contribution < 1.29 is 23.9 Å². The number of hydrogen-bond acceptors (Lipinski definition) is 6. The number of hydrogen-bond donors (Lipinski definition) is 3. The Balaban J connectivity index is 1.62. The van der Waals surface area contributed by atoms with Gasteiger partial charge in [0.1, 0.15) is 24.0 Å². The largest absolute Gasteiger partial charge is 0.488 e. The maximum Gasteiger partial charge on any atom is 0.408 e.